The molecule has 2 aromatic carbocycles. The molecule has 0 fully saturated rings. The predicted molar refractivity (Wildman–Crippen MR) is 69.9 cm³/mol. The van der Waals surface area contributed by atoms with E-state index in [-0.39, 0.29) is 11.1 Å². The maximum Gasteiger partial charge on any atom is 0.417 e. The number of hydrogen-bond acceptors (Lipinski definition) is 2. The van der Waals surface area contributed by atoms with E-state index in [1.165, 1.54) is 24.3 Å². The quantitative estimate of drug-likeness (QED) is 0.787. The zero-order valence-electron chi connectivity index (χ0n) is 10.8. The first-order valence-corrected chi connectivity index (χ1v) is 7.65. The van der Waals surface area contributed by atoms with Crippen LogP contribution in [0.4, 0.5) is 17.6 Å². The van der Waals surface area contributed by atoms with Crippen LogP contribution < -0.4 is 0 Å². The molecule has 112 valence electrons. The summed E-state index contributed by atoms with van der Waals surface area (Å²) in [6, 6.07) is 7.87. The minimum atomic E-state index is -4.82. The fourth-order valence-corrected chi connectivity index (χ4v) is 2.81. The van der Waals surface area contributed by atoms with Crippen molar-refractivity contribution in [1.82, 2.24) is 0 Å². The van der Waals surface area contributed by atoms with Gasteiger partial charge in [0.05, 0.1) is 10.5 Å². The van der Waals surface area contributed by atoms with Crippen LogP contribution in [0, 0.1) is 5.82 Å². The van der Waals surface area contributed by atoms with E-state index in [1.807, 2.05) is 0 Å². The molecule has 0 bridgehead atoms. The molecule has 0 unspecified atom stereocenters. The SMILES string of the molecule is CS(=O)(=O)c1ccc(-c2cccc(F)c2)cc1C(F)(F)F. The number of hydrogen-bond donors (Lipinski definition) is 0. The topological polar surface area (TPSA) is 34.1 Å². The van der Waals surface area contributed by atoms with Crippen LogP contribution >= 0.6 is 0 Å². The summed E-state index contributed by atoms with van der Waals surface area (Å²) in [5.41, 5.74) is -0.929. The fourth-order valence-electron chi connectivity index (χ4n) is 1.92. The van der Waals surface area contributed by atoms with Crippen LogP contribution in [0.5, 0.6) is 0 Å². The number of alkyl halides is 3. The van der Waals surface area contributed by atoms with E-state index in [4.69, 9.17) is 0 Å². The molecule has 0 aliphatic heterocycles. The molecule has 0 aliphatic rings. The van der Waals surface area contributed by atoms with Gasteiger partial charge in [0.15, 0.2) is 9.84 Å². The van der Waals surface area contributed by atoms with E-state index in [0.29, 0.717) is 12.3 Å². The van der Waals surface area contributed by atoms with E-state index in [9.17, 15) is 26.0 Å². The van der Waals surface area contributed by atoms with Gasteiger partial charge in [-0.3, -0.25) is 0 Å². The van der Waals surface area contributed by atoms with Crippen molar-refractivity contribution in [1.29, 1.82) is 0 Å². The van der Waals surface area contributed by atoms with Gasteiger partial charge in [0.25, 0.3) is 0 Å². The summed E-state index contributed by atoms with van der Waals surface area (Å²) in [7, 11) is -4.02. The number of benzene rings is 2. The standard InChI is InChI=1S/C14H10F4O2S/c1-21(19,20)13-6-5-10(8-12(13)14(16,17)18)9-3-2-4-11(15)7-9/h2-8H,1H3. The molecule has 2 rings (SSSR count). The molecule has 2 aromatic rings. The van der Waals surface area contributed by atoms with Gasteiger partial charge in [0.2, 0.25) is 0 Å². The summed E-state index contributed by atoms with van der Waals surface area (Å²) < 4.78 is 75.1. The lowest BCUT2D eigenvalue weighted by Crippen LogP contribution is -2.12. The maximum absolute atomic E-state index is 13.1. The van der Waals surface area contributed by atoms with E-state index < -0.39 is 32.3 Å². The minimum absolute atomic E-state index is 0.0919. The summed E-state index contributed by atoms with van der Waals surface area (Å²) in [5.74, 6) is -0.590. The zero-order chi connectivity index (χ0) is 15.8. The molecular weight excluding hydrogens is 308 g/mol. The molecule has 2 nitrogen and oxygen atoms in total. The smallest absolute Gasteiger partial charge is 0.224 e. The van der Waals surface area contributed by atoms with Gasteiger partial charge in [0.1, 0.15) is 5.82 Å². The lowest BCUT2D eigenvalue weighted by atomic mass is 10.0. The van der Waals surface area contributed by atoms with Gasteiger partial charge in [-0.05, 0) is 35.4 Å². The van der Waals surface area contributed by atoms with Crippen molar-refractivity contribution < 1.29 is 26.0 Å². The predicted octanol–water partition coefficient (Wildman–Crippen LogP) is 3.92. The fraction of sp³-hybridized carbons (Fsp3) is 0.143. The second-order valence-corrected chi connectivity index (χ2v) is 6.48. The lowest BCUT2D eigenvalue weighted by Gasteiger charge is -2.13. The van der Waals surface area contributed by atoms with Gasteiger partial charge in [0, 0.05) is 6.26 Å². The van der Waals surface area contributed by atoms with Gasteiger partial charge in [-0.25, -0.2) is 12.8 Å². The lowest BCUT2D eigenvalue weighted by molar-refractivity contribution is -0.139. The largest absolute Gasteiger partial charge is 0.417 e. The summed E-state index contributed by atoms with van der Waals surface area (Å²) >= 11 is 0. The van der Waals surface area contributed by atoms with Crippen molar-refractivity contribution in [3.8, 4) is 11.1 Å². The highest BCUT2D eigenvalue weighted by molar-refractivity contribution is 7.90. The van der Waals surface area contributed by atoms with Gasteiger partial charge in [-0.1, -0.05) is 18.2 Å². The highest BCUT2D eigenvalue weighted by Gasteiger charge is 2.36. The Morgan fingerprint density at radius 1 is 0.952 bits per heavy atom. The third-order valence-electron chi connectivity index (χ3n) is 2.84. The van der Waals surface area contributed by atoms with E-state index in [2.05, 4.69) is 0 Å². The van der Waals surface area contributed by atoms with Gasteiger partial charge in [-0.2, -0.15) is 13.2 Å². The van der Waals surface area contributed by atoms with Crippen molar-refractivity contribution in [2.45, 2.75) is 11.1 Å². The van der Waals surface area contributed by atoms with Crippen LogP contribution in [0.3, 0.4) is 0 Å². The molecule has 0 radical (unpaired) electrons. The van der Waals surface area contributed by atoms with E-state index in [1.54, 1.807) is 0 Å². The third kappa shape index (κ3) is 3.41. The molecule has 0 amide bonds. The second-order valence-electron chi connectivity index (χ2n) is 4.49. The summed E-state index contributed by atoms with van der Waals surface area (Å²) in [6.45, 7) is 0. The number of halogens is 4. The molecule has 0 aliphatic carbocycles. The van der Waals surface area contributed by atoms with Gasteiger partial charge in [-0.15, -0.1) is 0 Å². The van der Waals surface area contributed by atoms with Gasteiger partial charge < -0.3 is 0 Å². The zero-order valence-corrected chi connectivity index (χ0v) is 11.6. The average Bonchev–Trinajstić information content (AvgIpc) is 2.36. The molecule has 0 spiro atoms. The van der Waals surface area contributed by atoms with Crippen molar-refractivity contribution in [3.05, 3.63) is 53.8 Å². The third-order valence-corrected chi connectivity index (χ3v) is 4.00. The summed E-state index contributed by atoms with van der Waals surface area (Å²) in [4.78, 5) is -0.796. The van der Waals surface area contributed by atoms with Crippen molar-refractivity contribution in [2.75, 3.05) is 6.26 Å². The Balaban J connectivity index is 2.69. The van der Waals surface area contributed by atoms with Crippen molar-refractivity contribution >= 4 is 9.84 Å². The maximum atomic E-state index is 13.1. The van der Waals surface area contributed by atoms with Crippen LogP contribution in [0.25, 0.3) is 11.1 Å². The average molecular weight is 318 g/mol. The molecular formula is C14H10F4O2S. The summed E-state index contributed by atoms with van der Waals surface area (Å²) in [5, 5.41) is 0. The van der Waals surface area contributed by atoms with Crippen LogP contribution in [-0.2, 0) is 16.0 Å². The van der Waals surface area contributed by atoms with Crippen molar-refractivity contribution in [3.63, 3.8) is 0 Å². The number of sulfone groups is 1. The van der Waals surface area contributed by atoms with E-state index in [0.717, 1.165) is 12.1 Å². The van der Waals surface area contributed by atoms with E-state index >= 15 is 0 Å². The van der Waals surface area contributed by atoms with Crippen LogP contribution in [0.15, 0.2) is 47.4 Å². The Labute approximate surface area is 119 Å². The van der Waals surface area contributed by atoms with Crippen molar-refractivity contribution in [2.24, 2.45) is 0 Å². The Morgan fingerprint density at radius 3 is 2.10 bits per heavy atom. The van der Waals surface area contributed by atoms with Crippen LogP contribution in [0.1, 0.15) is 5.56 Å². The highest BCUT2D eigenvalue weighted by atomic mass is 32.2. The molecule has 7 heteroatoms. The molecule has 0 N–H and O–H groups in total. The Bertz CT molecular complexity index is 780. The Kier molecular flexibility index (Phi) is 3.79. The first kappa shape index (κ1) is 15.5. The Hall–Kier alpha value is -1.89. The first-order valence-electron chi connectivity index (χ1n) is 5.76. The number of rotatable bonds is 2. The monoisotopic (exact) mass is 318 g/mol. The second kappa shape index (κ2) is 5.14. The van der Waals surface area contributed by atoms with Crippen LogP contribution in [0.2, 0.25) is 0 Å². The van der Waals surface area contributed by atoms with Gasteiger partial charge >= 0.3 is 6.18 Å². The molecule has 0 saturated carbocycles. The Morgan fingerprint density at radius 2 is 1.57 bits per heavy atom. The first-order chi connectivity index (χ1) is 9.59. The molecule has 0 aromatic heterocycles. The molecule has 0 heterocycles. The molecule has 0 atom stereocenters. The highest BCUT2D eigenvalue weighted by Crippen LogP contribution is 2.37. The van der Waals surface area contributed by atoms with Crippen LogP contribution in [-0.4, -0.2) is 14.7 Å². The normalized spacial score (nSPS) is 12.4. The molecule has 0 saturated heterocycles. The minimum Gasteiger partial charge on any atom is -0.224 e. The molecule has 21 heavy (non-hydrogen) atoms. The summed E-state index contributed by atoms with van der Waals surface area (Å²) in [6.07, 6.45) is -4.11.